The minimum atomic E-state index is -4.19. The summed E-state index contributed by atoms with van der Waals surface area (Å²) in [6, 6.07) is 4.15. The van der Waals surface area contributed by atoms with Gasteiger partial charge in [-0.2, -0.15) is 13.2 Å². The fourth-order valence-electron chi connectivity index (χ4n) is 3.27. The molecule has 9 heteroatoms. The van der Waals surface area contributed by atoms with E-state index in [9.17, 15) is 22.7 Å². The van der Waals surface area contributed by atoms with E-state index in [1.54, 1.807) is 20.0 Å². The van der Waals surface area contributed by atoms with Gasteiger partial charge in [0.15, 0.2) is 17.5 Å². The number of likely N-dealkylation sites (tertiary alicyclic amines) is 1. The summed E-state index contributed by atoms with van der Waals surface area (Å²) in [7, 11) is 1.63. The largest absolute Gasteiger partial charge is 0.505 e. The predicted molar refractivity (Wildman–Crippen MR) is 96.1 cm³/mol. The Kier molecular flexibility index (Phi) is 7.29. The van der Waals surface area contributed by atoms with Crippen LogP contribution in [0.4, 0.5) is 17.6 Å². The van der Waals surface area contributed by atoms with Gasteiger partial charge in [-0.25, -0.2) is 4.39 Å². The molecular weight excluding hydrogens is 364 g/mol. The third-order valence-corrected chi connectivity index (χ3v) is 4.63. The first-order valence-corrected chi connectivity index (χ1v) is 8.94. The lowest BCUT2D eigenvalue weighted by Crippen LogP contribution is -2.41. The van der Waals surface area contributed by atoms with E-state index >= 15 is 0 Å². The molecule has 1 aliphatic rings. The first kappa shape index (κ1) is 21.3. The molecule has 0 radical (unpaired) electrons. The molecule has 27 heavy (non-hydrogen) atoms. The molecule has 152 valence electrons. The van der Waals surface area contributed by atoms with Crippen LogP contribution in [0.15, 0.2) is 23.2 Å². The fraction of sp³-hybridized carbons (Fsp3) is 0.611. The second-order valence-electron chi connectivity index (χ2n) is 6.73. The first-order chi connectivity index (χ1) is 12.7. The van der Waals surface area contributed by atoms with Gasteiger partial charge in [0, 0.05) is 33.2 Å². The summed E-state index contributed by atoms with van der Waals surface area (Å²) in [5.41, 5.74) is 0.657. The number of aromatic hydroxyl groups is 1. The van der Waals surface area contributed by atoms with E-state index in [0.717, 1.165) is 6.42 Å². The number of hydrogen-bond donors (Lipinski definition) is 2. The van der Waals surface area contributed by atoms with Crippen molar-refractivity contribution >= 4 is 5.96 Å². The van der Waals surface area contributed by atoms with Gasteiger partial charge >= 0.3 is 6.18 Å². The highest BCUT2D eigenvalue weighted by Crippen LogP contribution is 2.21. The molecule has 0 aliphatic carbocycles. The van der Waals surface area contributed by atoms with E-state index in [4.69, 9.17) is 0 Å². The summed E-state index contributed by atoms with van der Waals surface area (Å²) in [6.07, 6.45) is -3.39. The lowest BCUT2D eigenvalue weighted by molar-refractivity contribution is -0.146. The lowest BCUT2D eigenvalue weighted by atomic mass is 10.1. The Bertz CT molecular complexity index is 651. The summed E-state index contributed by atoms with van der Waals surface area (Å²) in [4.78, 5) is 7.64. The monoisotopic (exact) mass is 390 g/mol. The summed E-state index contributed by atoms with van der Waals surface area (Å²) < 4.78 is 51.3. The number of nitrogens with one attached hydrogen (secondary N) is 1. The Balaban J connectivity index is 1.87. The van der Waals surface area contributed by atoms with Crippen molar-refractivity contribution in [2.75, 3.05) is 39.8 Å². The Morgan fingerprint density at radius 1 is 1.41 bits per heavy atom. The molecule has 2 N–H and O–H groups in total. The van der Waals surface area contributed by atoms with Crippen molar-refractivity contribution in [3.8, 4) is 5.75 Å². The number of halogens is 4. The number of phenols is 1. The molecule has 1 aromatic carbocycles. The van der Waals surface area contributed by atoms with Crippen LogP contribution in [0.3, 0.4) is 0 Å². The van der Waals surface area contributed by atoms with Crippen molar-refractivity contribution in [1.29, 1.82) is 0 Å². The van der Waals surface area contributed by atoms with Gasteiger partial charge in [-0.3, -0.25) is 9.89 Å². The molecule has 0 saturated carbocycles. The van der Waals surface area contributed by atoms with E-state index < -0.39 is 24.3 Å². The van der Waals surface area contributed by atoms with Crippen molar-refractivity contribution in [1.82, 2.24) is 15.1 Å². The molecule has 5 nitrogen and oxygen atoms in total. The molecule has 0 amide bonds. The van der Waals surface area contributed by atoms with Crippen LogP contribution >= 0.6 is 0 Å². The van der Waals surface area contributed by atoms with Crippen LogP contribution < -0.4 is 5.32 Å². The van der Waals surface area contributed by atoms with Gasteiger partial charge in [0.1, 0.15) is 0 Å². The Hall–Kier alpha value is -2.03. The standard InChI is InChI=1S/C18H26F4N4O/c1-3-25(12-18(20,21)22)10-14-6-7-26(11-14)17(23-2)24-9-13-4-5-16(27)15(19)8-13/h4-5,8,14,27H,3,6-7,9-12H2,1-2H3,(H,23,24). The second-order valence-corrected chi connectivity index (χ2v) is 6.73. The zero-order chi connectivity index (χ0) is 20.0. The Morgan fingerprint density at radius 3 is 2.74 bits per heavy atom. The molecule has 1 saturated heterocycles. The van der Waals surface area contributed by atoms with Crippen LogP contribution in [0.5, 0.6) is 5.75 Å². The van der Waals surface area contributed by atoms with Gasteiger partial charge in [0.05, 0.1) is 6.54 Å². The second kappa shape index (κ2) is 9.25. The molecule has 1 atom stereocenters. The average molecular weight is 390 g/mol. The zero-order valence-corrected chi connectivity index (χ0v) is 15.6. The van der Waals surface area contributed by atoms with Gasteiger partial charge in [-0.05, 0) is 36.6 Å². The number of alkyl halides is 3. The summed E-state index contributed by atoms with van der Waals surface area (Å²) in [5.74, 6) is -0.318. The van der Waals surface area contributed by atoms with E-state index in [-0.39, 0.29) is 5.92 Å². The first-order valence-electron chi connectivity index (χ1n) is 8.94. The third-order valence-electron chi connectivity index (χ3n) is 4.63. The minimum absolute atomic E-state index is 0.136. The van der Waals surface area contributed by atoms with Gasteiger partial charge in [-0.15, -0.1) is 0 Å². The highest BCUT2D eigenvalue weighted by molar-refractivity contribution is 5.80. The zero-order valence-electron chi connectivity index (χ0n) is 15.6. The van der Waals surface area contributed by atoms with Gasteiger partial charge < -0.3 is 15.3 Å². The van der Waals surface area contributed by atoms with Crippen molar-refractivity contribution in [3.63, 3.8) is 0 Å². The molecule has 1 heterocycles. The SMILES string of the molecule is CCN(CC1CCN(C(=NC)NCc2ccc(O)c(F)c2)C1)CC(F)(F)F. The quantitative estimate of drug-likeness (QED) is 0.446. The third kappa shape index (κ3) is 6.57. The van der Waals surface area contributed by atoms with E-state index in [1.807, 2.05) is 4.90 Å². The normalized spacial score (nSPS) is 18.4. The molecular formula is C18H26F4N4O. The Labute approximate surface area is 156 Å². The maximum atomic E-state index is 13.4. The predicted octanol–water partition coefficient (Wildman–Crippen LogP) is 2.81. The number of guanidine groups is 1. The van der Waals surface area contributed by atoms with Crippen LogP contribution in [0.1, 0.15) is 18.9 Å². The van der Waals surface area contributed by atoms with Gasteiger partial charge in [0.2, 0.25) is 0 Å². The van der Waals surface area contributed by atoms with Crippen LogP contribution in [0, 0.1) is 11.7 Å². The Morgan fingerprint density at radius 2 is 2.15 bits per heavy atom. The number of rotatable bonds is 6. The molecule has 1 aliphatic heterocycles. The maximum absolute atomic E-state index is 13.4. The molecule has 0 aromatic heterocycles. The van der Waals surface area contributed by atoms with Crippen molar-refractivity contribution in [2.24, 2.45) is 10.9 Å². The van der Waals surface area contributed by atoms with E-state index in [1.165, 1.54) is 17.0 Å². The van der Waals surface area contributed by atoms with Crippen molar-refractivity contribution < 1.29 is 22.7 Å². The van der Waals surface area contributed by atoms with Crippen LogP contribution in [0.2, 0.25) is 0 Å². The van der Waals surface area contributed by atoms with E-state index in [0.29, 0.717) is 44.2 Å². The summed E-state index contributed by atoms with van der Waals surface area (Å²) >= 11 is 0. The molecule has 0 spiro atoms. The molecule has 0 bridgehead atoms. The topological polar surface area (TPSA) is 51.1 Å². The maximum Gasteiger partial charge on any atom is 0.401 e. The van der Waals surface area contributed by atoms with E-state index in [2.05, 4.69) is 10.3 Å². The van der Waals surface area contributed by atoms with Crippen molar-refractivity contribution in [2.45, 2.75) is 26.1 Å². The van der Waals surface area contributed by atoms with Crippen molar-refractivity contribution in [3.05, 3.63) is 29.6 Å². The average Bonchev–Trinajstić information content (AvgIpc) is 3.05. The highest BCUT2D eigenvalue weighted by atomic mass is 19.4. The molecule has 1 fully saturated rings. The lowest BCUT2D eigenvalue weighted by Gasteiger charge is -2.26. The van der Waals surface area contributed by atoms with Gasteiger partial charge in [-0.1, -0.05) is 13.0 Å². The smallest absolute Gasteiger partial charge is 0.401 e. The number of hydrogen-bond acceptors (Lipinski definition) is 3. The van der Waals surface area contributed by atoms with Crippen LogP contribution in [0.25, 0.3) is 0 Å². The highest BCUT2D eigenvalue weighted by Gasteiger charge is 2.32. The number of nitrogens with zero attached hydrogens (tertiary/aromatic N) is 3. The molecule has 1 unspecified atom stereocenters. The van der Waals surface area contributed by atoms with Gasteiger partial charge in [0.25, 0.3) is 0 Å². The fourth-order valence-corrected chi connectivity index (χ4v) is 3.27. The summed E-state index contributed by atoms with van der Waals surface area (Å²) in [5, 5.41) is 12.4. The molecule has 1 aromatic rings. The minimum Gasteiger partial charge on any atom is -0.505 e. The summed E-state index contributed by atoms with van der Waals surface area (Å²) in [6.45, 7) is 3.26. The number of phenolic OH excluding ortho intramolecular Hbond substituents is 1. The number of aliphatic imine (C=N–C) groups is 1. The molecule has 2 rings (SSSR count). The van der Waals surface area contributed by atoms with Crippen LogP contribution in [-0.2, 0) is 6.54 Å². The number of benzene rings is 1. The van der Waals surface area contributed by atoms with Crippen LogP contribution in [-0.4, -0.2) is 66.8 Å².